The quantitative estimate of drug-likeness (QED) is 0.781. The van der Waals surface area contributed by atoms with Crippen molar-refractivity contribution in [3.63, 3.8) is 0 Å². The molecule has 1 unspecified atom stereocenters. The van der Waals surface area contributed by atoms with Crippen molar-refractivity contribution in [1.29, 1.82) is 0 Å². The minimum atomic E-state index is 0.0187. The molecular formula is C17H18N4OS. The molecule has 23 heavy (non-hydrogen) atoms. The third-order valence-electron chi connectivity index (χ3n) is 4.43. The van der Waals surface area contributed by atoms with Gasteiger partial charge in [0, 0.05) is 6.54 Å². The lowest BCUT2D eigenvalue weighted by Crippen LogP contribution is -2.38. The van der Waals surface area contributed by atoms with Gasteiger partial charge < -0.3 is 9.88 Å². The van der Waals surface area contributed by atoms with Crippen molar-refractivity contribution < 1.29 is 4.79 Å². The Hall–Kier alpha value is -2.21. The predicted molar refractivity (Wildman–Crippen MR) is 90.6 cm³/mol. The number of carbonyl (C=O) groups excluding carboxylic acids is 1. The highest BCUT2D eigenvalue weighted by atomic mass is 32.1. The summed E-state index contributed by atoms with van der Waals surface area (Å²) in [5.74, 6) is 0.969. The first-order valence-electron chi connectivity index (χ1n) is 7.90. The molecular weight excluding hydrogens is 308 g/mol. The molecule has 1 fully saturated rings. The molecule has 2 aromatic heterocycles. The van der Waals surface area contributed by atoms with Crippen molar-refractivity contribution in [2.24, 2.45) is 0 Å². The van der Waals surface area contributed by atoms with Crippen LogP contribution in [0.1, 0.15) is 46.5 Å². The monoisotopic (exact) mass is 326 g/mol. The number of amides is 1. The second kappa shape index (κ2) is 5.77. The number of aromatic amines is 1. The Morgan fingerprint density at radius 1 is 1.35 bits per heavy atom. The van der Waals surface area contributed by atoms with Crippen LogP contribution in [-0.2, 0) is 0 Å². The predicted octanol–water partition coefficient (Wildman–Crippen LogP) is 3.70. The number of aryl methyl sites for hydroxylation is 1. The molecule has 1 aliphatic heterocycles. The Morgan fingerprint density at radius 3 is 3.00 bits per heavy atom. The van der Waals surface area contributed by atoms with Crippen molar-refractivity contribution in [3.8, 4) is 0 Å². The van der Waals surface area contributed by atoms with E-state index in [1.54, 1.807) is 5.51 Å². The molecule has 1 N–H and O–H groups in total. The van der Waals surface area contributed by atoms with Crippen molar-refractivity contribution in [2.75, 3.05) is 6.54 Å². The molecule has 0 aliphatic carbocycles. The van der Waals surface area contributed by atoms with Crippen LogP contribution in [0.2, 0.25) is 0 Å². The van der Waals surface area contributed by atoms with Crippen LogP contribution in [0.5, 0.6) is 0 Å². The highest BCUT2D eigenvalue weighted by molar-refractivity contribution is 7.11. The van der Waals surface area contributed by atoms with E-state index in [9.17, 15) is 4.79 Å². The fraction of sp³-hybridized carbons (Fsp3) is 0.353. The second-order valence-electron chi connectivity index (χ2n) is 5.92. The SMILES string of the molecule is Cc1ncsc1C(=O)N1CCCCC1c1nc2ccccc2[nH]1. The van der Waals surface area contributed by atoms with E-state index >= 15 is 0 Å². The lowest BCUT2D eigenvalue weighted by molar-refractivity contribution is 0.0605. The molecule has 1 aromatic carbocycles. The number of H-pyrrole nitrogens is 1. The van der Waals surface area contributed by atoms with Gasteiger partial charge in [-0.25, -0.2) is 9.97 Å². The first-order chi connectivity index (χ1) is 11.2. The smallest absolute Gasteiger partial charge is 0.266 e. The molecule has 3 aromatic rings. The number of carbonyl (C=O) groups is 1. The molecule has 5 nitrogen and oxygen atoms in total. The maximum Gasteiger partial charge on any atom is 0.266 e. The van der Waals surface area contributed by atoms with Gasteiger partial charge in [-0.1, -0.05) is 12.1 Å². The van der Waals surface area contributed by atoms with Crippen LogP contribution in [0.3, 0.4) is 0 Å². The number of nitrogens with zero attached hydrogens (tertiary/aromatic N) is 3. The number of hydrogen-bond donors (Lipinski definition) is 1. The van der Waals surface area contributed by atoms with E-state index < -0.39 is 0 Å². The van der Waals surface area contributed by atoms with E-state index in [-0.39, 0.29) is 11.9 Å². The highest BCUT2D eigenvalue weighted by Crippen LogP contribution is 2.32. The van der Waals surface area contributed by atoms with E-state index in [1.165, 1.54) is 11.3 Å². The number of thiazole rings is 1. The van der Waals surface area contributed by atoms with E-state index in [4.69, 9.17) is 4.98 Å². The number of piperidine rings is 1. The summed E-state index contributed by atoms with van der Waals surface area (Å²) < 4.78 is 0. The van der Waals surface area contributed by atoms with Crippen molar-refractivity contribution in [3.05, 3.63) is 46.2 Å². The van der Waals surface area contributed by atoms with Gasteiger partial charge in [-0.3, -0.25) is 4.79 Å². The summed E-state index contributed by atoms with van der Waals surface area (Å²) in [6.07, 6.45) is 3.11. The zero-order chi connectivity index (χ0) is 15.8. The van der Waals surface area contributed by atoms with Crippen molar-refractivity contribution >= 4 is 28.3 Å². The van der Waals surface area contributed by atoms with Crippen LogP contribution < -0.4 is 0 Å². The van der Waals surface area contributed by atoms with Gasteiger partial charge in [0.15, 0.2) is 0 Å². The third-order valence-corrected chi connectivity index (χ3v) is 5.34. The summed E-state index contributed by atoms with van der Waals surface area (Å²) in [6, 6.07) is 8.02. The van der Waals surface area contributed by atoms with E-state index in [1.807, 2.05) is 36.1 Å². The second-order valence-corrected chi connectivity index (χ2v) is 6.77. The number of rotatable bonds is 2. The first-order valence-corrected chi connectivity index (χ1v) is 8.77. The largest absolute Gasteiger partial charge is 0.340 e. The molecule has 0 radical (unpaired) electrons. The molecule has 118 valence electrons. The number of imidazole rings is 1. The van der Waals surface area contributed by atoms with Crippen LogP contribution in [-0.4, -0.2) is 32.3 Å². The minimum Gasteiger partial charge on any atom is -0.340 e. The average Bonchev–Trinajstić information content (AvgIpc) is 3.20. The Bertz CT molecular complexity index is 820. The summed E-state index contributed by atoms with van der Waals surface area (Å²) in [7, 11) is 0. The number of aromatic nitrogens is 3. The van der Waals surface area contributed by atoms with Crippen molar-refractivity contribution in [2.45, 2.75) is 32.2 Å². The molecule has 4 rings (SSSR count). The van der Waals surface area contributed by atoms with E-state index in [2.05, 4.69) is 9.97 Å². The molecule has 1 atom stereocenters. The van der Waals surface area contributed by atoms with E-state index in [0.29, 0.717) is 0 Å². The number of fused-ring (bicyclic) bond motifs is 1. The van der Waals surface area contributed by atoms with Gasteiger partial charge in [-0.05, 0) is 38.3 Å². The van der Waals surface area contributed by atoms with Gasteiger partial charge in [-0.2, -0.15) is 0 Å². The van der Waals surface area contributed by atoms with Crippen LogP contribution in [0, 0.1) is 6.92 Å². The van der Waals surface area contributed by atoms with Crippen LogP contribution in [0.15, 0.2) is 29.8 Å². The van der Waals surface area contributed by atoms with Crippen molar-refractivity contribution in [1.82, 2.24) is 19.9 Å². The highest BCUT2D eigenvalue weighted by Gasteiger charge is 2.32. The van der Waals surface area contributed by atoms with E-state index in [0.717, 1.165) is 53.2 Å². The zero-order valence-corrected chi connectivity index (χ0v) is 13.8. The molecule has 0 saturated carbocycles. The Morgan fingerprint density at radius 2 is 2.22 bits per heavy atom. The van der Waals surface area contributed by atoms with Crippen LogP contribution in [0.4, 0.5) is 0 Å². The molecule has 0 bridgehead atoms. The van der Waals surface area contributed by atoms with Gasteiger partial charge in [0.2, 0.25) is 0 Å². The fourth-order valence-electron chi connectivity index (χ4n) is 3.23. The number of nitrogens with one attached hydrogen (secondary N) is 1. The number of benzene rings is 1. The van der Waals surface area contributed by atoms with Gasteiger partial charge in [-0.15, -0.1) is 11.3 Å². The van der Waals surface area contributed by atoms with Gasteiger partial charge >= 0.3 is 0 Å². The van der Waals surface area contributed by atoms with Gasteiger partial charge in [0.1, 0.15) is 10.7 Å². The lowest BCUT2D eigenvalue weighted by Gasteiger charge is -2.34. The standard InChI is InChI=1S/C17H18N4OS/c1-11-15(23-10-18-11)17(22)21-9-5-4-8-14(21)16-19-12-6-2-3-7-13(12)20-16/h2-3,6-7,10,14H,4-5,8-9H2,1H3,(H,19,20). The molecule has 0 spiro atoms. The maximum atomic E-state index is 12.9. The maximum absolute atomic E-state index is 12.9. The molecule has 1 aliphatic rings. The summed E-state index contributed by atoms with van der Waals surface area (Å²) in [5, 5.41) is 0. The third kappa shape index (κ3) is 2.53. The Balaban J connectivity index is 1.70. The molecule has 1 saturated heterocycles. The lowest BCUT2D eigenvalue weighted by atomic mass is 10.0. The summed E-state index contributed by atoms with van der Waals surface area (Å²) in [6.45, 7) is 2.67. The summed E-state index contributed by atoms with van der Waals surface area (Å²) >= 11 is 1.42. The number of hydrogen-bond acceptors (Lipinski definition) is 4. The Labute approximate surface area is 138 Å². The molecule has 6 heteroatoms. The summed E-state index contributed by atoms with van der Waals surface area (Å²) in [4.78, 5) is 28.0. The zero-order valence-electron chi connectivity index (χ0n) is 13.0. The molecule has 1 amide bonds. The average molecular weight is 326 g/mol. The normalized spacial score (nSPS) is 18.5. The van der Waals surface area contributed by atoms with Crippen LogP contribution >= 0.6 is 11.3 Å². The van der Waals surface area contributed by atoms with Gasteiger partial charge in [0.25, 0.3) is 5.91 Å². The number of likely N-dealkylation sites (tertiary alicyclic amines) is 1. The molecule has 3 heterocycles. The first kappa shape index (κ1) is 14.4. The fourth-order valence-corrected chi connectivity index (χ4v) is 3.98. The minimum absolute atomic E-state index is 0.0187. The Kier molecular flexibility index (Phi) is 3.61. The number of para-hydroxylation sites is 2. The topological polar surface area (TPSA) is 61.9 Å². The van der Waals surface area contributed by atoms with Gasteiger partial charge in [0.05, 0.1) is 28.3 Å². The van der Waals surface area contributed by atoms with Crippen LogP contribution in [0.25, 0.3) is 11.0 Å². The summed E-state index contributed by atoms with van der Waals surface area (Å²) in [5.41, 5.74) is 4.53.